The number of nitro groups is 1. The van der Waals surface area contributed by atoms with Gasteiger partial charge in [0.25, 0.3) is 5.69 Å². The number of aromatic nitrogens is 2. The third kappa shape index (κ3) is 3.89. The number of hydrogen-bond donors (Lipinski definition) is 1. The van der Waals surface area contributed by atoms with E-state index in [2.05, 4.69) is 4.98 Å². The Labute approximate surface area is 143 Å². The summed E-state index contributed by atoms with van der Waals surface area (Å²) in [6, 6.07) is 13.1. The van der Waals surface area contributed by atoms with Gasteiger partial charge < -0.3 is 9.67 Å². The highest BCUT2D eigenvalue weighted by molar-refractivity contribution is 5.87. The first-order valence-corrected chi connectivity index (χ1v) is 7.58. The fourth-order valence-electron chi connectivity index (χ4n) is 2.56. The molecule has 126 valence electrons. The van der Waals surface area contributed by atoms with Crippen LogP contribution in [-0.2, 0) is 13.0 Å². The Bertz CT molecular complexity index is 916. The Hall–Kier alpha value is -3.48. The minimum atomic E-state index is -0.958. The molecule has 0 aliphatic rings. The van der Waals surface area contributed by atoms with Crippen LogP contribution in [-0.4, -0.2) is 25.6 Å². The van der Waals surface area contributed by atoms with Crippen LogP contribution >= 0.6 is 0 Å². The van der Waals surface area contributed by atoms with Crippen LogP contribution in [0.5, 0.6) is 0 Å². The topological polar surface area (TPSA) is 98.3 Å². The lowest BCUT2D eigenvalue weighted by Crippen LogP contribution is -2.06. The Balaban J connectivity index is 1.77. The summed E-state index contributed by atoms with van der Waals surface area (Å²) >= 11 is 0. The van der Waals surface area contributed by atoms with Crippen LogP contribution in [0.1, 0.15) is 27.3 Å². The second-order valence-corrected chi connectivity index (χ2v) is 5.58. The van der Waals surface area contributed by atoms with E-state index in [0.717, 1.165) is 17.0 Å². The number of aromatic carboxylic acids is 1. The Morgan fingerprint density at radius 3 is 2.60 bits per heavy atom. The summed E-state index contributed by atoms with van der Waals surface area (Å²) in [7, 11) is 0. The van der Waals surface area contributed by atoms with Gasteiger partial charge in [0.05, 0.1) is 10.5 Å². The van der Waals surface area contributed by atoms with Crippen molar-refractivity contribution < 1.29 is 14.8 Å². The molecule has 0 radical (unpaired) electrons. The van der Waals surface area contributed by atoms with Crippen molar-refractivity contribution in [3.63, 3.8) is 0 Å². The van der Waals surface area contributed by atoms with E-state index in [0.29, 0.717) is 13.0 Å². The summed E-state index contributed by atoms with van der Waals surface area (Å²) in [5.74, 6) is -0.177. The van der Waals surface area contributed by atoms with Crippen molar-refractivity contribution in [1.82, 2.24) is 9.55 Å². The highest BCUT2D eigenvalue weighted by atomic mass is 16.6. The van der Waals surface area contributed by atoms with Crippen molar-refractivity contribution in [3.05, 3.63) is 93.6 Å². The molecule has 3 rings (SSSR count). The highest BCUT2D eigenvalue weighted by Crippen LogP contribution is 2.16. The molecule has 0 atom stereocenters. The van der Waals surface area contributed by atoms with Gasteiger partial charge in [-0.15, -0.1) is 0 Å². The van der Waals surface area contributed by atoms with Gasteiger partial charge in [0, 0.05) is 37.5 Å². The molecule has 0 amide bonds. The van der Waals surface area contributed by atoms with Gasteiger partial charge in [-0.25, -0.2) is 9.78 Å². The largest absolute Gasteiger partial charge is 0.478 e. The molecule has 7 heteroatoms. The molecule has 0 spiro atoms. The lowest BCUT2D eigenvalue weighted by atomic mass is 10.1. The molecule has 25 heavy (non-hydrogen) atoms. The average Bonchev–Trinajstić information content (AvgIpc) is 3.02. The molecule has 0 bridgehead atoms. The number of rotatable bonds is 6. The third-order valence-corrected chi connectivity index (χ3v) is 3.84. The predicted molar refractivity (Wildman–Crippen MR) is 90.6 cm³/mol. The minimum Gasteiger partial charge on any atom is -0.478 e. The summed E-state index contributed by atoms with van der Waals surface area (Å²) < 4.78 is 1.94. The van der Waals surface area contributed by atoms with E-state index < -0.39 is 10.9 Å². The summed E-state index contributed by atoms with van der Waals surface area (Å²) in [4.78, 5) is 25.7. The zero-order valence-corrected chi connectivity index (χ0v) is 13.2. The van der Waals surface area contributed by atoms with Crippen LogP contribution in [0.4, 0.5) is 5.69 Å². The number of non-ortho nitro benzene ring substituents is 1. The number of imidazole rings is 1. The van der Waals surface area contributed by atoms with Crippen LogP contribution < -0.4 is 0 Å². The van der Waals surface area contributed by atoms with E-state index in [-0.39, 0.29) is 11.3 Å². The van der Waals surface area contributed by atoms with Crippen LogP contribution in [0.3, 0.4) is 0 Å². The molecule has 0 fully saturated rings. The van der Waals surface area contributed by atoms with E-state index in [9.17, 15) is 14.9 Å². The second kappa shape index (κ2) is 6.96. The number of nitro benzene ring substituents is 1. The first-order chi connectivity index (χ1) is 12.0. The molecule has 0 saturated carbocycles. The summed E-state index contributed by atoms with van der Waals surface area (Å²) in [6.45, 7) is 0.546. The average molecular weight is 337 g/mol. The first kappa shape index (κ1) is 16.4. The van der Waals surface area contributed by atoms with Gasteiger partial charge in [-0.3, -0.25) is 10.1 Å². The third-order valence-electron chi connectivity index (χ3n) is 3.84. The normalized spacial score (nSPS) is 10.6. The number of benzene rings is 2. The Kier molecular flexibility index (Phi) is 4.56. The van der Waals surface area contributed by atoms with Gasteiger partial charge in [0.2, 0.25) is 0 Å². The summed E-state index contributed by atoms with van der Waals surface area (Å²) in [5, 5.41) is 19.8. The standard InChI is InChI=1S/C18H15N3O4/c22-18(23)15-6-4-13(5-7-15)12-20-9-8-19-17(20)11-14-2-1-3-16(10-14)21(24)25/h1-10H,11-12H2,(H,22,23). The summed E-state index contributed by atoms with van der Waals surface area (Å²) in [5.41, 5.74) is 2.05. The SMILES string of the molecule is O=C(O)c1ccc(Cn2ccnc2Cc2cccc([N+](=O)[O-])c2)cc1. The van der Waals surface area contributed by atoms with Gasteiger partial charge in [-0.1, -0.05) is 24.3 Å². The fraction of sp³-hybridized carbons (Fsp3) is 0.111. The Morgan fingerprint density at radius 1 is 1.16 bits per heavy atom. The van der Waals surface area contributed by atoms with E-state index in [1.54, 1.807) is 42.6 Å². The van der Waals surface area contributed by atoms with Gasteiger partial charge in [-0.2, -0.15) is 0 Å². The van der Waals surface area contributed by atoms with Gasteiger partial charge >= 0.3 is 5.97 Å². The van der Waals surface area contributed by atoms with Crippen molar-refractivity contribution in [2.45, 2.75) is 13.0 Å². The molecule has 3 aromatic rings. The fourth-order valence-corrected chi connectivity index (χ4v) is 2.56. The smallest absolute Gasteiger partial charge is 0.335 e. The second-order valence-electron chi connectivity index (χ2n) is 5.58. The number of carboxylic acids is 1. The maximum absolute atomic E-state index is 10.9. The number of hydrogen-bond acceptors (Lipinski definition) is 4. The van der Waals surface area contributed by atoms with Crippen LogP contribution in [0.25, 0.3) is 0 Å². The van der Waals surface area contributed by atoms with E-state index in [4.69, 9.17) is 5.11 Å². The molecule has 1 heterocycles. The van der Waals surface area contributed by atoms with Crippen LogP contribution in [0, 0.1) is 10.1 Å². The molecule has 0 aliphatic heterocycles. The number of nitrogens with zero attached hydrogens (tertiary/aromatic N) is 3. The van der Waals surface area contributed by atoms with Crippen molar-refractivity contribution >= 4 is 11.7 Å². The molecule has 1 N–H and O–H groups in total. The number of carbonyl (C=O) groups is 1. The monoisotopic (exact) mass is 337 g/mol. The van der Waals surface area contributed by atoms with Gasteiger partial charge in [0.1, 0.15) is 5.82 Å². The highest BCUT2D eigenvalue weighted by Gasteiger charge is 2.10. The lowest BCUT2D eigenvalue weighted by Gasteiger charge is -2.08. The predicted octanol–water partition coefficient (Wildman–Crippen LogP) is 3.13. The maximum atomic E-state index is 10.9. The zero-order valence-electron chi connectivity index (χ0n) is 13.2. The van der Waals surface area contributed by atoms with E-state index in [1.165, 1.54) is 6.07 Å². The molecule has 2 aromatic carbocycles. The molecule has 7 nitrogen and oxygen atoms in total. The van der Waals surface area contributed by atoms with Crippen molar-refractivity contribution in [1.29, 1.82) is 0 Å². The molecule has 1 aromatic heterocycles. The molecule has 0 aliphatic carbocycles. The van der Waals surface area contributed by atoms with Gasteiger partial charge in [-0.05, 0) is 23.3 Å². The van der Waals surface area contributed by atoms with Crippen LogP contribution in [0.15, 0.2) is 60.9 Å². The van der Waals surface area contributed by atoms with Crippen molar-refractivity contribution in [3.8, 4) is 0 Å². The Morgan fingerprint density at radius 2 is 1.92 bits per heavy atom. The zero-order chi connectivity index (χ0) is 17.8. The number of carboxylic acid groups (broad SMARTS) is 1. The first-order valence-electron chi connectivity index (χ1n) is 7.58. The molecular formula is C18H15N3O4. The van der Waals surface area contributed by atoms with Crippen molar-refractivity contribution in [2.24, 2.45) is 0 Å². The molecular weight excluding hydrogens is 322 g/mol. The van der Waals surface area contributed by atoms with E-state index in [1.807, 2.05) is 16.8 Å². The van der Waals surface area contributed by atoms with Crippen LogP contribution in [0.2, 0.25) is 0 Å². The molecule has 0 saturated heterocycles. The lowest BCUT2D eigenvalue weighted by molar-refractivity contribution is -0.384. The quantitative estimate of drug-likeness (QED) is 0.550. The summed E-state index contributed by atoms with van der Waals surface area (Å²) in [6.07, 6.45) is 3.98. The maximum Gasteiger partial charge on any atom is 0.335 e. The molecule has 0 unspecified atom stereocenters. The van der Waals surface area contributed by atoms with E-state index >= 15 is 0 Å². The van der Waals surface area contributed by atoms with Gasteiger partial charge in [0.15, 0.2) is 0 Å². The van der Waals surface area contributed by atoms with Crippen molar-refractivity contribution in [2.75, 3.05) is 0 Å². The minimum absolute atomic E-state index is 0.0554.